The summed E-state index contributed by atoms with van der Waals surface area (Å²) in [5.41, 5.74) is 10.5. The summed E-state index contributed by atoms with van der Waals surface area (Å²) in [5, 5.41) is 3.63. The van der Waals surface area contributed by atoms with Gasteiger partial charge in [0.1, 0.15) is 0 Å². The molecule has 0 fully saturated rings. The maximum absolute atomic E-state index is 8.28. The summed E-state index contributed by atoms with van der Waals surface area (Å²) < 4.78 is 0. The smallest absolute Gasteiger partial charge is 0.0557 e. The lowest BCUT2D eigenvalue weighted by Crippen LogP contribution is -1.97. The van der Waals surface area contributed by atoms with Crippen LogP contribution in [0.4, 0.5) is 0 Å². The standard InChI is InChI=1S/C11H13N3/c1-9(10(2)13-14-12)8-11-6-4-3-5-7-11/h3-8,10H,1-2H3/b9-8+/t10-/m0/s1. The quantitative estimate of drug-likeness (QED) is 0.392. The van der Waals surface area contributed by atoms with Gasteiger partial charge in [-0.25, -0.2) is 0 Å². The van der Waals surface area contributed by atoms with Crippen molar-refractivity contribution in [3.05, 3.63) is 51.9 Å². The van der Waals surface area contributed by atoms with Crippen LogP contribution < -0.4 is 0 Å². The Morgan fingerprint density at radius 2 is 2.07 bits per heavy atom. The van der Waals surface area contributed by atoms with Gasteiger partial charge >= 0.3 is 0 Å². The lowest BCUT2D eigenvalue weighted by atomic mass is 10.1. The molecule has 0 spiro atoms. The second-order valence-electron chi connectivity index (χ2n) is 3.18. The summed E-state index contributed by atoms with van der Waals surface area (Å²) in [6, 6.07) is 9.90. The molecule has 0 saturated carbocycles. The minimum atomic E-state index is -0.0831. The first-order valence-corrected chi connectivity index (χ1v) is 4.51. The molecule has 72 valence electrons. The van der Waals surface area contributed by atoms with Gasteiger partial charge in [-0.3, -0.25) is 0 Å². The highest BCUT2D eigenvalue weighted by Gasteiger charge is 1.99. The van der Waals surface area contributed by atoms with Gasteiger partial charge in [-0.05, 0) is 18.0 Å². The molecule has 0 heterocycles. The summed E-state index contributed by atoms with van der Waals surface area (Å²) in [7, 11) is 0. The highest BCUT2D eigenvalue weighted by Crippen LogP contribution is 2.11. The molecular weight excluding hydrogens is 174 g/mol. The van der Waals surface area contributed by atoms with Gasteiger partial charge in [-0.15, -0.1) is 0 Å². The summed E-state index contributed by atoms with van der Waals surface area (Å²) >= 11 is 0. The zero-order valence-electron chi connectivity index (χ0n) is 8.38. The Morgan fingerprint density at radius 1 is 1.43 bits per heavy atom. The first kappa shape index (κ1) is 10.4. The van der Waals surface area contributed by atoms with Crippen molar-refractivity contribution in [3.8, 4) is 0 Å². The van der Waals surface area contributed by atoms with Crippen LogP contribution in [-0.2, 0) is 0 Å². The number of hydrogen-bond acceptors (Lipinski definition) is 1. The molecule has 3 heteroatoms. The molecule has 1 rings (SSSR count). The molecule has 0 N–H and O–H groups in total. The molecule has 1 atom stereocenters. The minimum Gasteiger partial charge on any atom is -0.0866 e. The van der Waals surface area contributed by atoms with Gasteiger partial charge in [0.15, 0.2) is 0 Å². The fourth-order valence-electron chi connectivity index (χ4n) is 1.10. The third-order valence-electron chi connectivity index (χ3n) is 2.08. The number of hydrogen-bond donors (Lipinski definition) is 0. The highest BCUT2D eigenvalue weighted by molar-refractivity contribution is 5.53. The molecule has 0 unspecified atom stereocenters. The van der Waals surface area contributed by atoms with Gasteiger partial charge in [0.2, 0.25) is 0 Å². The van der Waals surface area contributed by atoms with E-state index in [4.69, 9.17) is 5.53 Å². The van der Waals surface area contributed by atoms with Crippen molar-refractivity contribution in [1.29, 1.82) is 0 Å². The van der Waals surface area contributed by atoms with Gasteiger partial charge < -0.3 is 0 Å². The van der Waals surface area contributed by atoms with Crippen LogP contribution in [0.2, 0.25) is 0 Å². The van der Waals surface area contributed by atoms with Gasteiger partial charge in [0, 0.05) is 4.91 Å². The van der Waals surface area contributed by atoms with E-state index in [0.29, 0.717) is 0 Å². The number of rotatable bonds is 3. The molecule has 1 aromatic rings. The molecule has 1 aromatic carbocycles. The Kier molecular flexibility index (Phi) is 3.77. The van der Waals surface area contributed by atoms with E-state index in [-0.39, 0.29) is 6.04 Å². The van der Waals surface area contributed by atoms with Gasteiger partial charge in [0.25, 0.3) is 0 Å². The van der Waals surface area contributed by atoms with Crippen molar-refractivity contribution in [3.63, 3.8) is 0 Å². The summed E-state index contributed by atoms with van der Waals surface area (Å²) in [6.45, 7) is 3.85. The van der Waals surface area contributed by atoms with Crippen LogP contribution >= 0.6 is 0 Å². The van der Waals surface area contributed by atoms with Crippen LogP contribution in [0.25, 0.3) is 16.5 Å². The first-order chi connectivity index (χ1) is 6.74. The average molecular weight is 187 g/mol. The zero-order valence-corrected chi connectivity index (χ0v) is 8.38. The monoisotopic (exact) mass is 187 g/mol. The van der Waals surface area contributed by atoms with E-state index >= 15 is 0 Å². The van der Waals surface area contributed by atoms with Crippen LogP contribution in [0.3, 0.4) is 0 Å². The Balaban J connectivity index is 2.83. The molecule has 0 amide bonds. The molecule has 0 aliphatic heterocycles. The van der Waals surface area contributed by atoms with Gasteiger partial charge in [0.05, 0.1) is 6.04 Å². The largest absolute Gasteiger partial charge is 0.0866 e. The number of azide groups is 1. The number of benzene rings is 1. The van der Waals surface area contributed by atoms with Crippen molar-refractivity contribution in [2.45, 2.75) is 19.9 Å². The molecule has 0 aliphatic rings. The SMILES string of the molecule is C/C(=C\c1ccccc1)[C@H](C)N=[N+]=[N-]. The lowest BCUT2D eigenvalue weighted by Gasteiger charge is -2.04. The molecular formula is C11H13N3. The van der Waals surface area contributed by atoms with E-state index in [1.807, 2.05) is 50.3 Å². The minimum absolute atomic E-state index is 0.0831. The van der Waals surface area contributed by atoms with E-state index in [1.165, 1.54) is 0 Å². The van der Waals surface area contributed by atoms with E-state index in [0.717, 1.165) is 11.1 Å². The average Bonchev–Trinajstić information content (AvgIpc) is 2.19. The normalized spacial score (nSPS) is 13.1. The summed E-state index contributed by atoms with van der Waals surface area (Å²) in [5.74, 6) is 0. The fourth-order valence-corrected chi connectivity index (χ4v) is 1.10. The first-order valence-electron chi connectivity index (χ1n) is 4.51. The Bertz CT molecular complexity index is 361. The van der Waals surface area contributed by atoms with E-state index < -0.39 is 0 Å². The highest BCUT2D eigenvalue weighted by atomic mass is 15.1. The van der Waals surface area contributed by atoms with Crippen molar-refractivity contribution < 1.29 is 0 Å². The second kappa shape index (κ2) is 5.10. The van der Waals surface area contributed by atoms with Gasteiger partial charge in [-0.2, -0.15) is 0 Å². The fraction of sp³-hybridized carbons (Fsp3) is 0.273. The van der Waals surface area contributed by atoms with Crippen LogP contribution in [0.15, 0.2) is 41.0 Å². The van der Waals surface area contributed by atoms with Crippen LogP contribution in [0.5, 0.6) is 0 Å². The topological polar surface area (TPSA) is 48.8 Å². The van der Waals surface area contributed by atoms with E-state index in [2.05, 4.69) is 10.0 Å². The third kappa shape index (κ3) is 2.96. The number of nitrogens with zero attached hydrogens (tertiary/aromatic N) is 3. The van der Waals surface area contributed by atoms with E-state index in [1.54, 1.807) is 0 Å². The molecule has 0 aliphatic carbocycles. The Hall–Kier alpha value is -1.73. The Labute approximate surface area is 83.7 Å². The Morgan fingerprint density at radius 3 is 2.64 bits per heavy atom. The van der Waals surface area contributed by atoms with Crippen molar-refractivity contribution in [2.24, 2.45) is 5.11 Å². The van der Waals surface area contributed by atoms with E-state index in [9.17, 15) is 0 Å². The van der Waals surface area contributed by atoms with Crippen LogP contribution in [0.1, 0.15) is 19.4 Å². The van der Waals surface area contributed by atoms with Crippen LogP contribution in [-0.4, -0.2) is 6.04 Å². The van der Waals surface area contributed by atoms with Crippen molar-refractivity contribution in [2.75, 3.05) is 0 Å². The lowest BCUT2D eigenvalue weighted by molar-refractivity contribution is 0.856. The zero-order chi connectivity index (χ0) is 10.4. The molecule has 0 aromatic heterocycles. The van der Waals surface area contributed by atoms with Crippen molar-refractivity contribution in [1.82, 2.24) is 0 Å². The van der Waals surface area contributed by atoms with Gasteiger partial charge in [-0.1, -0.05) is 54.0 Å². The predicted molar refractivity (Wildman–Crippen MR) is 58.7 cm³/mol. The summed E-state index contributed by atoms with van der Waals surface area (Å²) in [4.78, 5) is 2.78. The maximum Gasteiger partial charge on any atom is 0.0557 e. The third-order valence-corrected chi connectivity index (χ3v) is 2.08. The van der Waals surface area contributed by atoms with Crippen LogP contribution in [0, 0.1) is 0 Å². The molecule has 3 nitrogen and oxygen atoms in total. The molecule has 0 radical (unpaired) electrons. The summed E-state index contributed by atoms with van der Waals surface area (Å²) in [6.07, 6.45) is 2.03. The van der Waals surface area contributed by atoms with Crippen molar-refractivity contribution >= 4 is 6.08 Å². The molecule has 0 saturated heterocycles. The molecule has 14 heavy (non-hydrogen) atoms. The second-order valence-corrected chi connectivity index (χ2v) is 3.18. The maximum atomic E-state index is 8.28. The predicted octanol–water partition coefficient (Wildman–Crippen LogP) is 3.79. The molecule has 0 bridgehead atoms.